The van der Waals surface area contributed by atoms with Gasteiger partial charge >= 0.3 is 6.09 Å². The highest BCUT2D eigenvalue weighted by Crippen LogP contribution is 2.21. The van der Waals surface area contributed by atoms with Crippen LogP contribution in [0, 0.1) is 12.7 Å². The lowest BCUT2D eigenvalue weighted by Gasteiger charge is -2.13. The predicted molar refractivity (Wildman–Crippen MR) is 87.5 cm³/mol. The fourth-order valence-corrected chi connectivity index (χ4v) is 2.55. The number of nitrogens with one attached hydrogen (secondary N) is 1. The molecule has 0 aliphatic carbocycles. The Morgan fingerprint density at radius 1 is 1.29 bits per heavy atom. The zero-order valence-corrected chi connectivity index (χ0v) is 13.2. The van der Waals surface area contributed by atoms with Crippen LogP contribution in [0.2, 0.25) is 0 Å². The Labute approximate surface area is 139 Å². The maximum atomic E-state index is 13.0. The molecule has 1 atom stereocenters. The van der Waals surface area contributed by atoms with Crippen molar-refractivity contribution < 1.29 is 18.7 Å². The van der Waals surface area contributed by atoms with E-state index in [9.17, 15) is 14.0 Å². The maximum absolute atomic E-state index is 13.0. The first-order chi connectivity index (χ1) is 11.5. The summed E-state index contributed by atoms with van der Waals surface area (Å²) in [6.45, 7) is 2.44. The number of amides is 2. The van der Waals surface area contributed by atoms with E-state index in [0.29, 0.717) is 17.8 Å². The summed E-state index contributed by atoms with van der Waals surface area (Å²) in [6, 6.07) is 12.9. The number of carbonyl (C=O) groups is 2. The molecule has 1 saturated heterocycles. The van der Waals surface area contributed by atoms with Crippen molar-refractivity contribution in [1.29, 1.82) is 0 Å². The van der Waals surface area contributed by atoms with Crippen molar-refractivity contribution in [2.45, 2.75) is 13.0 Å². The van der Waals surface area contributed by atoms with Crippen LogP contribution < -0.4 is 10.2 Å². The maximum Gasteiger partial charge on any atom is 0.414 e. The average molecular weight is 328 g/mol. The number of hydrogen-bond donors (Lipinski definition) is 1. The molecule has 1 N–H and O–H groups in total. The smallest absolute Gasteiger partial charge is 0.414 e. The largest absolute Gasteiger partial charge is 0.442 e. The number of anilines is 1. The van der Waals surface area contributed by atoms with Gasteiger partial charge in [-0.05, 0) is 43.3 Å². The number of hydrogen-bond acceptors (Lipinski definition) is 3. The van der Waals surface area contributed by atoms with Crippen molar-refractivity contribution in [1.82, 2.24) is 5.32 Å². The van der Waals surface area contributed by atoms with Crippen LogP contribution in [-0.2, 0) is 4.74 Å². The Balaban J connectivity index is 1.58. The standard InChI is InChI=1S/C18H17FN2O3/c1-12-3-2-4-13(9-12)17(22)20-10-16-11-21(18(23)24-16)15-7-5-14(19)6-8-15/h2-9,16H,10-11H2,1H3,(H,20,22). The molecule has 1 aliphatic rings. The molecular weight excluding hydrogens is 311 g/mol. The van der Waals surface area contributed by atoms with Gasteiger partial charge in [0.2, 0.25) is 0 Å². The SMILES string of the molecule is Cc1cccc(C(=O)NCC2CN(c3ccc(F)cc3)C(=O)O2)c1. The third kappa shape index (κ3) is 3.53. The summed E-state index contributed by atoms with van der Waals surface area (Å²) in [5, 5.41) is 2.77. The molecular formula is C18H17FN2O3. The van der Waals surface area contributed by atoms with Gasteiger partial charge < -0.3 is 10.1 Å². The third-order valence-corrected chi connectivity index (χ3v) is 3.78. The minimum Gasteiger partial charge on any atom is -0.442 e. The number of cyclic esters (lactones) is 1. The number of carbonyl (C=O) groups excluding carboxylic acids is 2. The van der Waals surface area contributed by atoms with Gasteiger partial charge in [-0.15, -0.1) is 0 Å². The molecule has 1 fully saturated rings. The van der Waals surface area contributed by atoms with E-state index < -0.39 is 12.2 Å². The van der Waals surface area contributed by atoms with Gasteiger partial charge in [-0.3, -0.25) is 9.69 Å². The molecule has 1 unspecified atom stereocenters. The zero-order chi connectivity index (χ0) is 17.1. The summed E-state index contributed by atoms with van der Waals surface area (Å²) < 4.78 is 18.2. The van der Waals surface area contributed by atoms with Crippen LogP contribution in [0.3, 0.4) is 0 Å². The highest BCUT2D eigenvalue weighted by Gasteiger charge is 2.32. The lowest BCUT2D eigenvalue weighted by atomic mass is 10.1. The first-order valence-corrected chi connectivity index (χ1v) is 7.61. The Morgan fingerprint density at radius 3 is 2.75 bits per heavy atom. The highest BCUT2D eigenvalue weighted by molar-refractivity contribution is 5.94. The molecule has 1 heterocycles. The molecule has 5 nitrogen and oxygen atoms in total. The molecule has 6 heteroatoms. The summed E-state index contributed by atoms with van der Waals surface area (Å²) in [5.41, 5.74) is 2.13. The van der Waals surface area contributed by atoms with Gasteiger partial charge in [0, 0.05) is 11.3 Å². The van der Waals surface area contributed by atoms with Gasteiger partial charge in [0.15, 0.2) is 0 Å². The van der Waals surface area contributed by atoms with Crippen molar-refractivity contribution >= 4 is 17.7 Å². The zero-order valence-electron chi connectivity index (χ0n) is 13.2. The second-order valence-electron chi connectivity index (χ2n) is 5.67. The fraction of sp³-hybridized carbons (Fsp3) is 0.222. The predicted octanol–water partition coefficient (Wildman–Crippen LogP) is 2.89. The average Bonchev–Trinajstić information content (AvgIpc) is 2.94. The van der Waals surface area contributed by atoms with Crippen molar-refractivity contribution in [3.8, 4) is 0 Å². The van der Waals surface area contributed by atoms with Gasteiger partial charge in [-0.2, -0.15) is 0 Å². The molecule has 24 heavy (non-hydrogen) atoms. The van der Waals surface area contributed by atoms with Gasteiger partial charge in [0.1, 0.15) is 11.9 Å². The molecule has 0 bridgehead atoms. The van der Waals surface area contributed by atoms with Gasteiger partial charge in [-0.25, -0.2) is 9.18 Å². The van der Waals surface area contributed by atoms with E-state index >= 15 is 0 Å². The summed E-state index contributed by atoms with van der Waals surface area (Å²) in [7, 11) is 0. The molecule has 0 spiro atoms. The van der Waals surface area contributed by atoms with E-state index in [1.54, 1.807) is 12.1 Å². The minimum absolute atomic E-state index is 0.213. The van der Waals surface area contributed by atoms with E-state index in [0.717, 1.165) is 5.56 Å². The molecule has 0 radical (unpaired) electrons. The number of nitrogens with zero attached hydrogens (tertiary/aromatic N) is 1. The van der Waals surface area contributed by atoms with Crippen molar-refractivity contribution in [3.05, 3.63) is 65.5 Å². The number of rotatable bonds is 4. The van der Waals surface area contributed by atoms with Crippen molar-refractivity contribution in [3.63, 3.8) is 0 Å². The first-order valence-electron chi connectivity index (χ1n) is 7.61. The lowest BCUT2D eigenvalue weighted by molar-refractivity contribution is 0.0916. The number of aryl methyl sites for hydroxylation is 1. The Hall–Kier alpha value is -2.89. The molecule has 2 aromatic carbocycles. The number of halogens is 1. The molecule has 1 aliphatic heterocycles. The van der Waals surface area contributed by atoms with E-state index in [2.05, 4.69) is 5.32 Å². The van der Waals surface area contributed by atoms with Crippen LogP contribution in [0.15, 0.2) is 48.5 Å². The number of ether oxygens (including phenoxy) is 1. The second-order valence-corrected chi connectivity index (χ2v) is 5.67. The molecule has 0 aromatic heterocycles. The Bertz CT molecular complexity index is 761. The van der Waals surface area contributed by atoms with Crippen molar-refractivity contribution in [2.75, 3.05) is 18.0 Å². The topological polar surface area (TPSA) is 58.6 Å². The van der Waals surface area contributed by atoms with Crippen LogP contribution in [0.4, 0.5) is 14.9 Å². The normalized spacial score (nSPS) is 16.8. The lowest BCUT2D eigenvalue weighted by Crippen LogP contribution is -2.34. The van der Waals surface area contributed by atoms with E-state index in [4.69, 9.17) is 4.74 Å². The highest BCUT2D eigenvalue weighted by atomic mass is 19.1. The summed E-state index contributed by atoms with van der Waals surface area (Å²) in [5.74, 6) is -0.580. The Morgan fingerprint density at radius 2 is 2.04 bits per heavy atom. The molecule has 2 amide bonds. The van der Waals surface area contributed by atoms with Crippen LogP contribution in [0.5, 0.6) is 0 Å². The second kappa shape index (κ2) is 6.70. The van der Waals surface area contributed by atoms with Crippen LogP contribution in [0.25, 0.3) is 0 Å². The summed E-state index contributed by atoms with van der Waals surface area (Å²) in [6.07, 6.45) is -0.951. The fourth-order valence-electron chi connectivity index (χ4n) is 2.55. The van der Waals surface area contributed by atoms with Gasteiger partial charge in [0.25, 0.3) is 5.91 Å². The Kier molecular flexibility index (Phi) is 4.46. The first kappa shape index (κ1) is 16.0. The summed E-state index contributed by atoms with van der Waals surface area (Å²) >= 11 is 0. The molecule has 124 valence electrons. The van der Waals surface area contributed by atoms with Gasteiger partial charge in [0.05, 0.1) is 13.1 Å². The van der Waals surface area contributed by atoms with E-state index in [1.165, 1.54) is 29.2 Å². The monoisotopic (exact) mass is 328 g/mol. The van der Waals surface area contributed by atoms with Crippen LogP contribution in [-0.4, -0.2) is 31.2 Å². The summed E-state index contributed by atoms with van der Waals surface area (Å²) in [4.78, 5) is 25.5. The molecule has 3 rings (SSSR count). The van der Waals surface area contributed by atoms with Crippen LogP contribution in [0.1, 0.15) is 15.9 Å². The van der Waals surface area contributed by atoms with E-state index in [-0.39, 0.29) is 18.3 Å². The molecule has 2 aromatic rings. The minimum atomic E-state index is -0.503. The van der Waals surface area contributed by atoms with Crippen LogP contribution >= 0.6 is 0 Å². The van der Waals surface area contributed by atoms with E-state index in [1.807, 2.05) is 19.1 Å². The third-order valence-electron chi connectivity index (χ3n) is 3.78. The van der Waals surface area contributed by atoms with Crippen molar-refractivity contribution in [2.24, 2.45) is 0 Å². The number of benzene rings is 2. The molecule has 0 saturated carbocycles. The van der Waals surface area contributed by atoms with Gasteiger partial charge in [-0.1, -0.05) is 17.7 Å². The quantitative estimate of drug-likeness (QED) is 0.939.